The maximum absolute atomic E-state index is 12.4. The number of hydrogen-bond acceptors (Lipinski definition) is 5. The van der Waals surface area contributed by atoms with Crippen molar-refractivity contribution in [3.63, 3.8) is 0 Å². The SMILES string of the molecule is O=C(Nc1nc([C@H]2CCCN2Cc2ccccn2)cs1)c1ccc(Br)cc1. The summed E-state index contributed by atoms with van der Waals surface area (Å²) in [5, 5.41) is 5.60. The van der Waals surface area contributed by atoms with Crippen molar-refractivity contribution in [3.8, 4) is 0 Å². The van der Waals surface area contributed by atoms with Crippen LogP contribution in [0.4, 0.5) is 5.13 Å². The number of nitrogens with zero attached hydrogens (tertiary/aromatic N) is 3. The Labute approximate surface area is 170 Å². The second-order valence-corrected chi connectivity index (χ2v) is 8.26. The fraction of sp³-hybridized carbons (Fsp3) is 0.250. The Morgan fingerprint density at radius 3 is 2.89 bits per heavy atom. The van der Waals surface area contributed by atoms with Gasteiger partial charge in [-0.2, -0.15) is 0 Å². The number of nitrogens with one attached hydrogen (secondary N) is 1. The smallest absolute Gasteiger partial charge is 0.257 e. The van der Waals surface area contributed by atoms with Crippen molar-refractivity contribution < 1.29 is 4.79 Å². The maximum Gasteiger partial charge on any atom is 0.257 e. The molecule has 0 aliphatic carbocycles. The highest BCUT2D eigenvalue weighted by Gasteiger charge is 2.28. The minimum atomic E-state index is -0.139. The maximum atomic E-state index is 12.4. The first-order chi connectivity index (χ1) is 13.2. The number of likely N-dealkylation sites (tertiary alicyclic amines) is 1. The summed E-state index contributed by atoms with van der Waals surface area (Å²) in [6.07, 6.45) is 4.06. The molecule has 27 heavy (non-hydrogen) atoms. The Balaban J connectivity index is 1.43. The van der Waals surface area contributed by atoms with Crippen molar-refractivity contribution in [2.45, 2.75) is 25.4 Å². The van der Waals surface area contributed by atoms with Gasteiger partial charge in [-0.05, 0) is 55.8 Å². The van der Waals surface area contributed by atoms with Crippen molar-refractivity contribution in [3.05, 3.63) is 75.5 Å². The Morgan fingerprint density at radius 1 is 1.26 bits per heavy atom. The van der Waals surface area contributed by atoms with Gasteiger partial charge in [0.05, 0.1) is 17.4 Å². The number of halogens is 1. The number of aromatic nitrogens is 2. The number of rotatable bonds is 5. The van der Waals surface area contributed by atoms with Crippen LogP contribution in [-0.4, -0.2) is 27.3 Å². The summed E-state index contributed by atoms with van der Waals surface area (Å²) in [6, 6.07) is 13.6. The van der Waals surface area contributed by atoms with Gasteiger partial charge in [0.25, 0.3) is 5.91 Å². The van der Waals surface area contributed by atoms with E-state index in [0.29, 0.717) is 10.7 Å². The van der Waals surface area contributed by atoms with Crippen LogP contribution in [0.15, 0.2) is 58.5 Å². The van der Waals surface area contributed by atoms with E-state index in [4.69, 9.17) is 0 Å². The van der Waals surface area contributed by atoms with E-state index >= 15 is 0 Å². The Morgan fingerprint density at radius 2 is 2.11 bits per heavy atom. The zero-order valence-electron chi connectivity index (χ0n) is 14.6. The highest BCUT2D eigenvalue weighted by Crippen LogP contribution is 2.34. The first kappa shape index (κ1) is 18.3. The summed E-state index contributed by atoms with van der Waals surface area (Å²) in [5.41, 5.74) is 2.72. The molecule has 1 N–H and O–H groups in total. The summed E-state index contributed by atoms with van der Waals surface area (Å²) in [5.74, 6) is -0.139. The van der Waals surface area contributed by atoms with Crippen LogP contribution in [0, 0.1) is 0 Å². The molecule has 0 saturated carbocycles. The molecule has 1 aliphatic rings. The minimum Gasteiger partial charge on any atom is -0.298 e. The van der Waals surface area contributed by atoms with E-state index in [-0.39, 0.29) is 11.9 Å². The number of anilines is 1. The van der Waals surface area contributed by atoms with Crippen molar-refractivity contribution in [1.29, 1.82) is 0 Å². The van der Waals surface area contributed by atoms with Crippen LogP contribution in [0.5, 0.6) is 0 Å². The lowest BCUT2D eigenvalue weighted by atomic mass is 10.1. The van der Waals surface area contributed by atoms with Gasteiger partial charge in [-0.25, -0.2) is 4.98 Å². The van der Waals surface area contributed by atoms with Crippen molar-refractivity contribution in [1.82, 2.24) is 14.9 Å². The topological polar surface area (TPSA) is 58.1 Å². The van der Waals surface area contributed by atoms with E-state index in [2.05, 4.69) is 47.6 Å². The molecule has 1 amide bonds. The van der Waals surface area contributed by atoms with E-state index in [1.807, 2.05) is 30.5 Å². The minimum absolute atomic E-state index is 0.139. The molecule has 1 atom stereocenters. The highest BCUT2D eigenvalue weighted by atomic mass is 79.9. The molecule has 0 radical (unpaired) electrons. The summed E-state index contributed by atoms with van der Waals surface area (Å²) >= 11 is 4.86. The number of hydrogen-bond donors (Lipinski definition) is 1. The van der Waals surface area contributed by atoms with Crippen LogP contribution in [0.1, 0.15) is 40.6 Å². The Hall–Kier alpha value is -2.09. The molecule has 2 aromatic heterocycles. The van der Waals surface area contributed by atoms with Gasteiger partial charge in [-0.1, -0.05) is 22.0 Å². The normalized spacial score (nSPS) is 17.1. The molecule has 1 aliphatic heterocycles. The zero-order chi connectivity index (χ0) is 18.6. The van der Waals surface area contributed by atoms with Gasteiger partial charge in [0, 0.05) is 28.2 Å². The third kappa shape index (κ3) is 4.43. The monoisotopic (exact) mass is 442 g/mol. The van der Waals surface area contributed by atoms with Crippen LogP contribution in [-0.2, 0) is 6.54 Å². The van der Waals surface area contributed by atoms with Crippen LogP contribution in [0.2, 0.25) is 0 Å². The van der Waals surface area contributed by atoms with Gasteiger partial charge in [0.15, 0.2) is 5.13 Å². The average Bonchev–Trinajstić information content (AvgIpc) is 3.32. The molecule has 138 valence electrons. The number of carbonyl (C=O) groups excluding carboxylic acids is 1. The van der Waals surface area contributed by atoms with Gasteiger partial charge in [-0.3, -0.25) is 20.0 Å². The number of pyridine rings is 1. The Kier molecular flexibility index (Phi) is 5.61. The number of benzene rings is 1. The van der Waals surface area contributed by atoms with Crippen LogP contribution in [0.25, 0.3) is 0 Å². The predicted octanol–water partition coefficient (Wildman–Crippen LogP) is 4.89. The molecule has 1 fully saturated rings. The van der Waals surface area contributed by atoms with Gasteiger partial charge in [0.1, 0.15) is 0 Å². The number of carbonyl (C=O) groups is 1. The lowest BCUT2D eigenvalue weighted by molar-refractivity contribution is 0.102. The molecule has 0 bridgehead atoms. The van der Waals surface area contributed by atoms with E-state index in [0.717, 1.165) is 41.8 Å². The second kappa shape index (κ2) is 8.29. The van der Waals surface area contributed by atoms with Crippen molar-refractivity contribution in [2.75, 3.05) is 11.9 Å². The molecule has 7 heteroatoms. The number of thiazole rings is 1. The summed E-state index contributed by atoms with van der Waals surface area (Å²) in [4.78, 5) is 23.9. The molecular formula is C20H19BrN4OS. The standard InChI is InChI=1S/C20H19BrN4OS/c21-15-8-6-14(7-9-15)19(26)24-20-23-17(13-27-20)18-5-3-11-25(18)12-16-4-1-2-10-22-16/h1-2,4,6-10,13,18H,3,5,11-12H2,(H,23,24,26)/t18-/m1/s1. The first-order valence-electron chi connectivity index (χ1n) is 8.85. The first-order valence-corrected chi connectivity index (χ1v) is 10.5. The molecular weight excluding hydrogens is 424 g/mol. The molecule has 3 heterocycles. The molecule has 0 unspecified atom stereocenters. The van der Waals surface area contributed by atoms with Gasteiger partial charge < -0.3 is 0 Å². The van der Waals surface area contributed by atoms with Gasteiger partial charge >= 0.3 is 0 Å². The molecule has 4 rings (SSSR count). The van der Waals surface area contributed by atoms with E-state index in [1.165, 1.54) is 11.3 Å². The quantitative estimate of drug-likeness (QED) is 0.610. The third-order valence-electron chi connectivity index (χ3n) is 4.65. The van der Waals surface area contributed by atoms with Gasteiger partial charge in [-0.15, -0.1) is 11.3 Å². The van der Waals surface area contributed by atoms with E-state index in [9.17, 15) is 4.79 Å². The van der Waals surface area contributed by atoms with Gasteiger partial charge in [0.2, 0.25) is 0 Å². The van der Waals surface area contributed by atoms with Crippen LogP contribution in [0.3, 0.4) is 0 Å². The lowest BCUT2D eigenvalue weighted by Gasteiger charge is -2.22. The molecule has 1 aromatic carbocycles. The predicted molar refractivity (Wildman–Crippen MR) is 111 cm³/mol. The average molecular weight is 443 g/mol. The molecule has 3 aromatic rings. The lowest BCUT2D eigenvalue weighted by Crippen LogP contribution is -2.23. The van der Waals surface area contributed by atoms with Crippen molar-refractivity contribution >= 4 is 38.3 Å². The fourth-order valence-electron chi connectivity index (χ4n) is 3.32. The fourth-order valence-corrected chi connectivity index (χ4v) is 4.33. The third-order valence-corrected chi connectivity index (χ3v) is 5.95. The number of amides is 1. The van der Waals surface area contributed by atoms with Crippen LogP contribution >= 0.6 is 27.3 Å². The van der Waals surface area contributed by atoms with Crippen molar-refractivity contribution in [2.24, 2.45) is 0 Å². The van der Waals surface area contributed by atoms with Crippen LogP contribution < -0.4 is 5.32 Å². The summed E-state index contributed by atoms with van der Waals surface area (Å²) in [6.45, 7) is 1.86. The zero-order valence-corrected chi connectivity index (χ0v) is 17.0. The second-order valence-electron chi connectivity index (χ2n) is 6.49. The molecule has 1 saturated heterocycles. The van der Waals surface area contributed by atoms with E-state index < -0.39 is 0 Å². The summed E-state index contributed by atoms with van der Waals surface area (Å²) < 4.78 is 0.949. The Bertz CT molecular complexity index is 913. The molecule has 5 nitrogen and oxygen atoms in total. The highest BCUT2D eigenvalue weighted by molar-refractivity contribution is 9.10. The summed E-state index contributed by atoms with van der Waals surface area (Å²) in [7, 11) is 0. The molecule has 0 spiro atoms. The van der Waals surface area contributed by atoms with E-state index in [1.54, 1.807) is 12.1 Å². The largest absolute Gasteiger partial charge is 0.298 e.